The van der Waals surface area contributed by atoms with Crippen molar-refractivity contribution in [3.05, 3.63) is 28.8 Å². The highest BCUT2D eigenvalue weighted by Crippen LogP contribution is 2.48. The number of carbonyl (C=O) groups excluding carboxylic acids is 1. The van der Waals surface area contributed by atoms with E-state index < -0.39 is 18.0 Å². The van der Waals surface area contributed by atoms with Crippen LogP contribution in [0.4, 0.5) is 0 Å². The molecule has 2 aliphatic rings. The lowest BCUT2D eigenvalue weighted by Gasteiger charge is -2.44. The van der Waals surface area contributed by atoms with Gasteiger partial charge in [-0.2, -0.15) is 0 Å². The van der Waals surface area contributed by atoms with Crippen LogP contribution in [0.2, 0.25) is 0 Å². The Balaban J connectivity index is 1.79. The Morgan fingerprint density at radius 2 is 2.29 bits per heavy atom. The number of thiazole rings is 1. The molecule has 0 aromatic carbocycles. The number of nitrogens with zero attached hydrogens (tertiary/aromatic N) is 3. The summed E-state index contributed by atoms with van der Waals surface area (Å²) < 4.78 is 1.90. The monoisotopic (exact) mass is 347 g/mol. The van der Waals surface area contributed by atoms with Gasteiger partial charge in [0.15, 0.2) is 0 Å². The van der Waals surface area contributed by atoms with Crippen LogP contribution in [0.1, 0.15) is 30.8 Å². The van der Waals surface area contributed by atoms with Crippen LogP contribution in [0.15, 0.2) is 18.2 Å². The van der Waals surface area contributed by atoms with E-state index in [0.29, 0.717) is 12.0 Å². The van der Waals surface area contributed by atoms with Crippen LogP contribution in [0.25, 0.3) is 10.4 Å². The maximum atomic E-state index is 12.3. The van der Waals surface area contributed by atoms with E-state index in [1.807, 2.05) is 17.5 Å². The average Bonchev–Trinajstić information content (AvgIpc) is 3.15. The highest BCUT2D eigenvalue weighted by Gasteiger charge is 2.56. The number of aliphatic hydroxyl groups is 1. The zero-order chi connectivity index (χ0) is 17.2. The SMILES string of the molecule is CCc1ncn2cc(C3=C(C(=O)O)N4C(=O)[C@H]([C@@H](C)O)[C@H]4C3)sc12. The molecule has 3 atom stereocenters. The topological polar surface area (TPSA) is 95.1 Å². The van der Waals surface area contributed by atoms with E-state index in [1.54, 1.807) is 13.3 Å². The standard InChI is InChI=1S/C16H17N3O4S/c1-3-9-15-18(6-17-9)5-11(24-15)8-4-10-12(7(2)20)14(21)19(10)13(8)16(22)23/h5-7,10,12,20H,3-4H2,1-2H3,(H,22,23)/t7-,10-,12-/m1/s1. The third-order valence-electron chi connectivity index (χ3n) is 4.85. The minimum absolute atomic E-state index is 0.0532. The Morgan fingerprint density at radius 1 is 1.54 bits per heavy atom. The number of aromatic nitrogens is 2. The summed E-state index contributed by atoms with van der Waals surface area (Å²) in [6.45, 7) is 3.60. The van der Waals surface area contributed by atoms with E-state index in [-0.39, 0.29) is 17.6 Å². The fraction of sp³-hybridized carbons (Fsp3) is 0.438. The summed E-state index contributed by atoms with van der Waals surface area (Å²) in [5.41, 5.74) is 1.69. The lowest BCUT2D eigenvalue weighted by atomic mass is 9.83. The summed E-state index contributed by atoms with van der Waals surface area (Å²) in [5, 5.41) is 19.4. The van der Waals surface area contributed by atoms with Crippen LogP contribution in [-0.4, -0.2) is 48.5 Å². The smallest absolute Gasteiger partial charge is 0.352 e. The quantitative estimate of drug-likeness (QED) is 0.815. The highest BCUT2D eigenvalue weighted by atomic mass is 32.1. The minimum atomic E-state index is -1.10. The molecule has 4 rings (SSSR count). The van der Waals surface area contributed by atoms with E-state index >= 15 is 0 Å². The van der Waals surface area contributed by atoms with Gasteiger partial charge >= 0.3 is 5.97 Å². The number of rotatable bonds is 4. The van der Waals surface area contributed by atoms with Crippen molar-refractivity contribution in [2.75, 3.05) is 0 Å². The molecule has 2 aliphatic heterocycles. The van der Waals surface area contributed by atoms with Crippen LogP contribution in [0.5, 0.6) is 0 Å². The summed E-state index contributed by atoms with van der Waals surface area (Å²) in [5.74, 6) is -1.92. The van der Waals surface area contributed by atoms with Crippen LogP contribution < -0.4 is 0 Å². The van der Waals surface area contributed by atoms with E-state index in [2.05, 4.69) is 4.98 Å². The third-order valence-corrected chi connectivity index (χ3v) is 6.06. The number of hydrogen-bond donors (Lipinski definition) is 2. The molecule has 1 fully saturated rings. The zero-order valence-corrected chi connectivity index (χ0v) is 14.1. The number of β-lactam (4-membered cyclic amide) rings is 1. The molecule has 126 valence electrons. The molecule has 0 aliphatic carbocycles. The molecular weight excluding hydrogens is 330 g/mol. The van der Waals surface area contributed by atoms with Crippen LogP contribution in [0, 0.1) is 5.92 Å². The van der Waals surface area contributed by atoms with Crippen molar-refractivity contribution >= 4 is 33.6 Å². The van der Waals surface area contributed by atoms with E-state index in [4.69, 9.17) is 0 Å². The molecule has 4 heterocycles. The number of hydrogen-bond acceptors (Lipinski definition) is 5. The van der Waals surface area contributed by atoms with Gasteiger partial charge in [-0.05, 0) is 19.8 Å². The van der Waals surface area contributed by atoms with Gasteiger partial charge in [0.05, 0.1) is 28.6 Å². The van der Waals surface area contributed by atoms with Gasteiger partial charge in [-0.15, -0.1) is 11.3 Å². The summed E-state index contributed by atoms with van der Waals surface area (Å²) >= 11 is 1.50. The molecule has 2 aromatic rings. The van der Waals surface area contributed by atoms with Crippen molar-refractivity contribution in [3.63, 3.8) is 0 Å². The second-order valence-electron chi connectivity index (χ2n) is 6.23. The second-order valence-corrected chi connectivity index (χ2v) is 7.26. The van der Waals surface area contributed by atoms with Crippen LogP contribution in [0.3, 0.4) is 0 Å². The minimum Gasteiger partial charge on any atom is -0.477 e. The zero-order valence-electron chi connectivity index (χ0n) is 13.3. The Hall–Kier alpha value is -2.19. The maximum Gasteiger partial charge on any atom is 0.352 e. The number of aliphatic carboxylic acids is 1. The van der Waals surface area contributed by atoms with Gasteiger partial charge in [0, 0.05) is 11.8 Å². The number of carboxylic acids is 1. The molecule has 24 heavy (non-hydrogen) atoms. The van der Waals surface area contributed by atoms with Crippen molar-refractivity contribution in [2.45, 2.75) is 38.8 Å². The Labute approximate surface area is 141 Å². The van der Waals surface area contributed by atoms with Gasteiger partial charge in [-0.3, -0.25) is 9.20 Å². The van der Waals surface area contributed by atoms with Gasteiger partial charge in [0.2, 0.25) is 5.91 Å². The van der Waals surface area contributed by atoms with Gasteiger partial charge in [0.1, 0.15) is 16.9 Å². The number of imidazole rings is 1. The molecule has 0 spiro atoms. The average molecular weight is 347 g/mol. The fourth-order valence-electron chi connectivity index (χ4n) is 3.72. The molecule has 2 N–H and O–H groups in total. The van der Waals surface area contributed by atoms with Gasteiger partial charge in [0.25, 0.3) is 0 Å². The van der Waals surface area contributed by atoms with Gasteiger partial charge in [-0.1, -0.05) is 6.92 Å². The number of carboxylic acid groups (broad SMARTS) is 1. The predicted molar refractivity (Wildman–Crippen MR) is 87.4 cm³/mol. The molecule has 2 aromatic heterocycles. The number of aryl methyl sites for hydroxylation is 1. The molecular formula is C16H17N3O4S. The summed E-state index contributed by atoms with van der Waals surface area (Å²) in [6, 6.07) is -0.260. The van der Waals surface area contributed by atoms with Crippen molar-refractivity contribution in [1.29, 1.82) is 0 Å². The molecule has 0 saturated carbocycles. The third kappa shape index (κ3) is 1.90. The predicted octanol–water partition coefficient (Wildman–Crippen LogP) is 1.37. The van der Waals surface area contributed by atoms with Crippen molar-refractivity contribution in [3.8, 4) is 0 Å². The van der Waals surface area contributed by atoms with Crippen molar-refractivity contribution < 1.29 is 19.8 Å². The summed E-state index contributed by atoms with van der Waals surface area (Å²) in [7, 11) is 0. The molecule has 0 bridgehead atoms. The first kappa shape index (κ1) is 15.3. The van der Waals surface area contributed by atoms with Crippen molar-refractivity contribution in [1.82, 2.24) is 14.3 Å². The second kappa shape index (κ2) is 5.15. The first-order chi connectivity index (χ1) is 11.4. The van der Waals surface area contributed by atoms with Crippen molar-refractivity contribution in [2.24, 2.45) is 5.92 Å². The van der Waals surface area contributed by atoms with E-state index in [9.17, 15) is 19.8 Å². The molecule has 1 amide bonds. The fourth-order valence-corrected chi connectivity index (χ4v) is 4.92. The Bertz CT molecular complexity index is 894. The number of carbonyl (C=O) groups is 2. The molecule has 0 radical (unpaired) electrons. The van der Waals surface area contributed by atoms with E-state index in [1.165, 1.54) is 16.2 Å². The normalized spacial score (nSPS) is 24.5. The number of amides is 1. The Morgan fingerprint density at radius 3 is 2.92 bits per heavy atom. The van der Waals surface area contributed by atoms with Crippen LogP contribution in [-0.2, 0) is 16.0 Å². The molecule has 1 saturated heterocycles. The lowest BCUT2D eigenvalue weighted by molar-refractivity contribution is -0.161. The molecule has 8 heteroatoms. The van der Waals surface area contributed by atoms with Crippen LogP contribution >= 0.6 is 11.3 Å². The van der Waals surface area contributed by atoms with Gasteiger partial charge in [-0.25, -0.2) is 9.78 Å². The highest BCUT2D eigenvalue weighted by molar-refractivity contribution is 7.18. The number of fused-ring (bicyclic) bond motifs is 2. The first-order valence-electron chi connectivity index (χ1n) is 7.87. The maximum absolute atomic E-state index is 12.3. The molecule has 7 nitrogen and oxygen atoms in total. The summed E-state index contributed by atoms with van der Waals surface area (Å²) in [4.78, 5) is 31.5. The number of aliphatic hydroxyl groups excluding tert-OH is 1. The van der Waals surface area contributed by atoms with Gasteiger partial charge < -0.3 is 15.1 Å². The Kier molecular flexibility index (Phi) is 3.29. The largest absolute Gasteiger partial charge is 0.477 e. The molecule has 0 unspecified atom stereocenters. The lowest BCUT2D eigenvalue weighted by Crippen LogP contribution is -2.61. The first-order valence-corrected chi connectivity index (χ1v) is 8.69. The van der Waals surface area contributed by atoms with E-state index in [0.717, 1.165) is 21.8 Å². The summed E-state index contributed by atoms with van der Waals surface area (Å²) in [6.07, 6.45) is 4.09.